The molecule has 0 aliphatic rings. The second-order valence-corrected chi connectivity index (χ2v) is 14.0. The standard InChI is InChI=1S/C9H14N.3ClH.Zr/c1-2-3-4-6-9-7-5-8-10-9;;;;/h5,7-8H,2-4,6H2,1H3;3*1H;/q-1;;;;+3/p-3. The topological polar surface area (TPSA) is 12.9 Å². The first-order chi connectivity index (χ1) is 6.66. The summed E-state index contributed by atoms with van der Waals surface area (Å²) in [5, 5.41) is 0. The van der Waals surface area contributed by atoms with Crippen LogP contribution < -0.4 is 0 Å². The van der Waals surface area contributed by atoms with Gasteiger partial charge in [-0.25, -0.2) is 0 Å². The van der Waals surface area contributed by atoms with Crippen molar-refractivity contribution < 1.29 is 18.2 Å². The molecule has 1 rings (SSSR count). The van der Waals surface area contributed by atoms with Crippen LogP contribution in [0.4, 0.5) is 0 Å². The Kier molecular flexibility index (Phi) is 11.3. The number of rotatable bonds is 4. The van der Waals surface area contributed by atoms with Gasteiger partial charge in [0.05, 0.1) is 0 Å². The Hall–Kier alpha value is 1.03. The van der Waals surface area contributed by atoms with Crippen LogP contribution in [0.3, 0.4) is 0 Å². The van der Waals surface area contributed by atoms with Gasteiger partial charge in [0.2, 0.25) is 0 Å². The summed E-state index contributed by atoms with van der Waals surface area (Å²) in [5.74, 6) is 0. The van der Waals surface area contributed by atoms with E-state index >= 15 is 0 Å². The molecule has 0 N–H and O–H groups in total. The van der Waals surface area contributed by atoms with E-state index in [1.165, 1.54) is 25.0 Å². The van der Waals surface area contributed by atoms with Crippen LogP contribution in [0.15, 0.2) is 18.3 Å². The number of hydrogen-bond donors (Lipinski definition) is 0. The molecule has 1 heterocycles. The van der Waals surface area contributed by atoms with E-state index in [0.717, 1.165) is 6.42 Å². The van der Waals surface area contributed by atoms with Crippen LogP contribution in [0.25, 0.3) is 0 Å². The van der Waals surface area contributed by atoms with Crippen molar-refractivity contribution in [1.82, 2.24) is 4.98 Å². The zero-order valence-corrected chi connectivity index (χ0v) is 12.9. The molecule has 0 unspecified atom stereocenters. The van der Waals surface area contributed by atoms with Gasteiger partial charge in [-0.15, -0.1) is 6.20 Å². The van der Waals surface area contributed by atoms with Crippen molar-refractivity contribution in [2.24, 2.45) is 0 Å². The van der Waals surface area contributed by atoms with E-state index in [1.54, 1.807) is 0 Å². The van der Waals surface area contributed by atoms with E-state index < -0.39 is 18.2 Å². The van der Waals surface area contributed by atoms with Crippen LogP contribution in [0.1, 0.15) is 31.9 Å². The van der Waals surface area contributed by atoms with Crippen LogP contribution in [0, 0.1) is 0 Å². The van der Waals surface area contributed by atoms with Gasteiger partial charge in [-0.1, -0.05) is 38.3 Å². The van der Waals surface area contributed by atoms with E-state index in [0.29, 0.717) is 0 Å². The van der Waals surface area contributed by atoms with Gasteiger partial charge in [0.15, 0.2) is 0 Å². The molecule has 0 amide bonds. The Morgan fingerprint density at radius 3 is 2.36 bits per heavy atom. The molecule has 1 aromatic heterocycles. The van der Waals surface area contributed by atoms with E-state index in [4.69, 9.17) is 25.5 Å². The number of aromatic nitrogens is 1. The molecule has 0 aliphatic heterocycles. The number of halogens is 3. The molecule has 0 radical (unpaired) electrons. The summed E-state index contributed by atoms with van der Waals surface area (Å²) in [6.07, 6.45) is 6.92. The molecule has 0 atom stereocenters. The quantitative estimate of drug-likeness (QED) is 0.579. The summed E-state index contributed by atoms with van der Waals surface area (Å²) in [6.45, 7) is 2.22. The SMILES string of the molecule is CCCCC[c-]1cccn1.[Cl][Zr]([Cl])[Cl]. The molecule has 1 nitrogen and oxygen atoms in total. The van der Waals surface area contributed by atoms with Crippen molar-refractivity contribution in [2.75, 3.05) is 0 Å². The van der Waals surface area contributed by atoms with Gasteiger partial charge in [-0.05, 0) is 0 Å². The van der Waals surface area contributed by atoms with Gasteiger partial charge < -0.3 is 4.98 Å². The third kappa shape index (κ3) is 11.1. The van der Waals surface area contributed by atoms with Gasteiger partial charge in [0.1, 0.15) is 0 Å². The minimum atomic E-state index is -2.13. The van der Waals surface area contributed by atoms with Crippen LogP contribution in [0.5, 0.6) is 0 Å². The molecular weight excluding hydrogens is 320 g/mol. The fourth-order valence-corrected chi connectivity index (χ4v) is 1.04. The van der Waals surface area contributed by atoms with Crippen LogP contribution in [-0.4, -0.2) is 4.98 Å². The fraction of sp³-hybridized carbons (Fsp3) is 0.556. The predicted molar refractivity (Wildman–Crippen MR) is 60.6 cm³/mol. The summed E-state index contributed by atoms with van der Waals surface area (Å²) >= 11 is -2.13. The Morgan fingerprint density at radius 2 is 1.93 bits per heavy atom. The molecule has 81 valence electrons. The van der Waals surface area contributed by atoms with E-state index in [1.807, 2.05) is 12.3 Å². The molecule has 0 bridgehead atoms. The molecule has 0 aliphatic carbocycles. The number of unbranched alkanes of at least 4 members (excludes halogenated alkanes) is 2. The number of aryl methyl sites for hydroxylation is 1. The Balaban J connectivity index is 0.000000364. The normalized spacial score (nSPS) is 9.14. The third-order valence-electron chi connectivity index (χ3n) is 1.65. The molecule has 0 aromatic carbocycles. The van der Waals surface area contributed by atoms with Crippen molar-refractivity contribution in [1.29, 1.82) is 0 Å². The monoisotopic (exact) mass is 331 g/mol. The van der Waals surface area contributed by atoms with Crippen molar-refractivity contribution >= 4 is 25.5 Å². The van der Waals surface area contributed by atoms with Crippen LogP contribution in [0.2, 0.25) is 0 Å². The van der Waals surface area contributed by atoms with Gasteiger partial charge >= 0.3 is 43.7 Å². The summed E-state index contributed by atoms with van der Waals surface area (Å²) in [4.78, 5) is 4.19. The number of hydrogen-bond acceptors (Lipinski definition) is 1. The average Bonchev–Trinajstić information content (AvgIpc) is 2.56. The molecule has 14 heavy (non-hydrogen) atoms. The van der Waals surface area contributed by atoms with Crippen molar-refractivity contribution in [3.8, 4) is 0 Å². The fourth-order valence-electron chi connectivity index (χ4n) is 1.04. The summed E-state index contributed by atoms with van der Waals surface area (Å²) < 4.78 is 0. The van der Waals surface area contributed by atoms with E-state index in [-0.39, 0.29) is 0 Å². The molecule has 0 saturated heterocycles. The van der Waals surface area contributed by atoms with E-state index in [9.17, 15) is 0 Å². The molecule has 0 fully saturated rings. The van der Waals surface area contributed by atoms with Crippen LogP contribution >= 0.6 is 25.5 Å². The zero-order chi connectivity index (χ0) is 10.8. The maximum atomic E-state index is 5.00. The Labute approximate surface area is 104 Å². The molecule has 1 aromatic rings. The summed E-state index contributed by atoms with van der Waals surface area (Å²) in [6, 6.07) is 4.09. The first-order valence-electron chi connectivity index (χ1n) is 4.56. The van der Waals surface area contributed by atoms with Gasteiger partial charge in [-0.2, -0.15) is 12.1 Å². The first kappa shape index (κ1) is 15.0. The van der Waals surface area contributed by atoms with Crippen molar-refractivity contribution in [3.63, 3.8) is 0 Å². The maximum absolute atomic E-state index is 5.00. The Morgan fingerprint density at radius 1 is 1.29 bits per heavy atom. The molecular formula is C9H14Cl3NZr-. The summed E-state index contributed by atoms with van der Waals surface area (Å²) in [7, 11) is 15.0. The average molecular weight is 334 g/mol. The minimum absolute atomic E-state index is 1.15. The molecule has 0 saturated carbocycles. The summed E-state index contributed by atoms with van der Waals surface area (Å²) in [5.41, 5.74) is 1.24. The second kappa shape index (κ2) is 10.5. The predicted octanol–water partition coefficient (Wildman–Crippen LogP) is 4.60. The van der Waals surface area contributed by atoms with Gasteiger partial charge in [-0.3, -0.25) is 0 Å². The van der Waals surface area contributed by atoms with Crippen LogP contribution in [-0.2, 0) is 24.6 Å². The van der Waals surface area contributed by atoms with Gasteiger partial charge in [0.25, 0.3) is 0 Å². The van der Waals surface area contributed by atoms with Crippen molar-refractivity contribution in [2.45, 2.75) is 32.6 Å². The number of nitrogens with zero attached hydrogens (tertiary/aromatic N) is 1. The second-order valence-electron chi connectivity index (χ2n) is 2.80. The Bertz CT molecular complexity index is 199. The van der Waals surface area contributed by atoms with Crippen molar-refractivity contribution in [3.05, 3.63) is 24.0 Å². The zero-order valence-electron chi connectivity index (χ0n) is 8.14. The molecule has 5 heteroatoms. The van der Waals surface area contributed by atoms with Gasteiger partial charge in [0, 0.05) is 0 Å². The first-order valence-corrected chi connectivity index (χ1v) is 14.1. The van der Waals surface area contributed by atoms with E-state index in [2.05, 4.69) is 18.0 Å². The molecule has 0 spiro atoms. The third-order valence-corrected chi connectivity index (χ3v) is 1.65.